The quantitative estimate of drug-likeness (QED) is 0.701. The van der Waals surface area contributed by atoms with Crippen LogP contribution in [0, 0.1) is 5.92 Å². The first kappa shape index (κ1) is 20.0. The molecule has 0 aliphatic carbocycles. The molecule has 29 heavy (non-hydrogen) atoms. The fraction of sp³-hybridized carbons (Fsp3) is 0.522. The summed E-state index contributed by atoms with van der Waals surface area (Å²) in [6.07, 6.45) is 9.69. The Labute approximate surface area is 172 Å². The summed E-state index contributed by atoms with van der Waals surface area (Å²) in [4.78, 5) is 22.6. The van der Waals surface area contributed by atoms with Crippen LogP contribution in [0.5, 0.6) is 0 Å². The smallest absolute Gasteiger partial charge is 0.274 e. The van der Waals surface area contributed by atoms with E-state index < -0.39 is 0 Å². The van der Waals surface area contributed by atoms with Gasteiger partial charge in [0.25, 0.3) is 5.91 Å². The average Bonchev–Trinajstić information content (AvgIpc) is 2.78. The van der Waals surface area contributed by atoms with E-state index in [-0.39, 0.29) is 11.5 Å². The molecule has 6 nitrogen and oxygen atoms in total. The summed E-state index contributed by atoms with van der Waals surface area (Å²) in [6, 6.07) is 10.3. The summed E-state index contributed by atoms with van der Waals surface area (Å²) in [5, 5.41) is 0. The lowest BCUT2D eigenvalue weighted by atomic mass is 9.78. The van der Waals surface area contributed by atoms with Crippen LogP contribution in [0.1, 0.15) is 48.2 Å². The van der Waals surface area contributed by atoms with Crippen molar-refractivity contribution in [3.8, 4) is 0 Å². The number of nitrogens with zero attached hydrogens (tertiary/aromatic N) is 3. The van der Waals surface area contributed by atoms with Gasteiger partial charge in [-0.15, -0.1) is 0 Å². The molecule has 4 rings (SSSR count). The van der Waals surface area contributed by atoms with E-state index in [4.69, 9.17) is 9.47 Å². The molecule has 2 saturated heterocycles. The van der Waals surface area contributed by atoms with Crippen LogP contribution in [0.3, 0.4) is 0 Å². The number of aromatic nitrogens is 2. The number of rotatable bonds is 6. The van der Waals surface area contributed by atoms with Crippen molar-refractivity contribution in [1.29, 1.82) is 0 Å². The lowest BCUT2D eigenvalue weighted by Gasteiger charge is -2.46. The number of piperidine rings is 1. The van der Waals surface area contributed by atoms with Crippen LogP contribution in [0.4, 0.5) is 0 Å². The van der Waals surface area contributed by atoms with E-state index in [0.717, 1.165) is 45.3 Å². The molecule has 0 saturated carbocycles. The fourth-order valence-corrected chi connectivity index (χ4v) is 4.43. The Balaban J connectivity index is 1.23. The lowest BCUT2D eigenvalue weighted by molar-refractivity contribution is -0.126. The highest BCUT2D eigenvalue weighted by Crippen LogP contribution is 2.39. The molecule has 0 bridgehead atoms. The van der Waals surface area contributed by atoms with Crippen LogP contribution < -0.4 is 0 Å². The molecule has 1 amide bonds. The Morgan fingerprint density at radius 1 is 1.21 bits per heavy atom. The van der Waals surface area contributed by atoms with Crippen molar-refractivity contribution < 1.29 is 14.3 Å². The maximum Gasteiger partial charge on any atom is 0.274 e. The molecule has 6 heteroatoms. The Kier molecular flexibility index (Phi) is 6.52. The highest BCUT2D eigenvalue weighted by atomic mass is 16.5. The number of amides is 1. The highest BCUT2D eigenvalue weighted by Gasteiger charge is 2.41. The van der Waals surface area contributed by atoms with Crippen molar-refractivity contribution in [2.75, 3.05) is 26.3 Å². The van der Waals surface area contributed by atoms with Gasteiger partial charge >= 0.3 is 0 Å². The molecule has 2 fully saturated rings. The van der Waals surface area contributed by atoms with Crippen molar-refractivity contribution in [2.24, 2.45) is 5.92 Å². The van der Waals surface area contributed by atoms with E-state index in [1.54, 1.807) is 12.4 Å². The number of hydrogen-bond donors (Lipinski definition) is 0. The van der Waals surface area contributed by atoms with Crippen LogP contribution in [-0.2, 0) is 16.1 Å². The second-order valence-electron chi connectivity index (χ2n) is 8.10. The topological polar surface area (TPSA) is 64.6 Å². The van der Waals surface area contributed by atoms with Crippen molar-refractivity contribution >= 4 is 5.91 Å². The third kappa shape index (κ3) is 5.19. The molecule has 2 aromatic rings. The maximum atomic E-state index is 12.6. The molecule has 1 unspecified atom stereocenters. The first-order valence-electron chi connectivity index (χ1n) is 10.6. The molecule has 3 heterocycles. The predicted octanol–water partition coefficient (Wildman–Crippen LogP) is 3.48. The maximum absolute atomic E-state index is 12.6. The van der Waals surface area contributed by atoms with Crippen molar-refractivity contribution in [3.63, 3.8) is 0 Å². The van der Waals surface area contributed by atoms with E-state index in [2.05, 4.69) is 22.1 Å². The second kappa shape index (κ2) is 9.46. The number of ether oxygens (including phenoxy) is 2. The second-order valence-corrected chi connectivity index (χ2v) is 8.10. The van der Waals surface area contributed by atoms with Gasteiger partial charge in [0.15, 0.2) is 0 Å². The average molecular weight is 396 g/mol. The molecule has 0 radical (unpaired) electrons. The van der Waals surface area contributed by atoms with Gasteiger partial charge in [-0.2, -0.15) is 0 Å². The molecule has 2 aliphatic rings. The number of likely N-dealkylation sites (tertiary alicyclic amines) is 1. The Hall–Kier alpha value is -2.31. The summed E-state index contributed by atoms with van der Waals surface area (Å²) in [5.74, 6) is 0.594. The zero-order chi connectivity index (χ0) is 19.9. The third-order valence-electron chi connectivity index (χ3n) is 6.12. The van der Waals surface area contributed by atoms with E-state index >= 15 is 0 Å². The number of hydrogen-bond acceptors (Lipinski definition) is 5. The first-order valence-corrected chi connectivity index (χ1v) is 10.6. The standard InChI is InChI=1S/C23H29N3O3/c27-22(21-17-24-10-11-25-21)26-12-8-23(9-13-26)16-19(7-15-29-23)6-14-28-18-20-4-2-1-3-5-20/h1-5,10-11,17,19H,6-9,12-16,18H2. The van der Waals surface area contributed by atoms with Gasteiger partial charge in [0, 0.05) is 38.7 Å². The lowest BCUT2D eigenvalue weighted by Crippen LogP contribution is -2.51. The summed E-state index contributed by atoms with van der Waals surface area (Å²) in [6.45, 7) is 3.70. The molecule has 2 aliphatic heterocycles. The van der Waals surface area contributed by atoms with Gasteiger partial charge in [-0.25, -0.2) is 4.98 Å². The fourth-order valence-electron chi connectivity index (χ4n) is 4.43. The highest BCUT2D eigenvalue weighted by molar-refractivity contribution is 5.92. The minimum absolute atomic E-state index is 0.0328. The minimum atomic E-state index is -0.0819. The monoisotopic (exact) mass is 395 g/mol. The van der Waals surface area contributed by atoms with Gasteiger partial charge < -0.3 is 14.4 Å². The molecular weight excluding hydrogens is 366 g/mol. The van der Waals surface area contributed by atoms with Crippen LogP contribution >= 0.6 is 0 Å². The van der Waals surface area contributed by atoms with E-state index in [0.29, 0.717) is 31.3 Å². The van der Waals surface area contributed by atoms with Crippen molar-refractivity contribution in [2.45, 2.75) is 44.3 Å². The Morgan fingerprint density at radius 2 is 2.03 bits per heavy atom. The molecule has 1 atom stereocenters. The molecular formula is C23H29N3O3. The summed E-state index contributed by atoms with van der Waals surface area (Å²) in [5.41, 5.74) is 1.55. The van der Waals surface area contributed by atoms with Crippen LogP contribution in [0.2, 0.25) is 0 Å². The summed E-state index contributed by atoms with van der Waals surface area (Å²) in [7, 11) is 0. The number of benzene rings is 1. The number of carbonyl (C=O) groups excluding carboxylic acids is 1. The largest absolute Gasteiger partial charge is 0.377 e. The molecule has 1 aromatic carbocycles. The molecule has 154 valence electrons. The minimum Gasteiger partial charge on any atom is -0.377 e. The summed E-state index contributed by atoms with van der Waals surface area (Å²) >= 11 is 0. The van der Waals surface area contributed by atoms with Gasteiger partial charge in [-0.05, 0) is 43.6 Å². The van der Waals surface area contributed by atoms with Crippen LogP contribution in [0.25, 0.3) is 0 Å². The van der Waals surface area contributed by atoms with Gasteiger partial charge in [0.1, 0.15) is 5.69 Å². The predicted molar refractivity (Wildman–Crippen MR) is 109 cm³/mol. The van der Waals surface area contributed by atoms with E-state index in [9.17, 15) is 4.79 Å². The van der Waals surface area contributed by atoms with Gasteiger partial charge in [-0.1, -0.05) is 30.3 Å². The third-order valence-corrected chi connectivity index (χ3v) is 6.12. The van der Waals surface area contributed by atoms with Gasteiger partial charge in [0.05, 0.1) is 18.4 Å². The molecule has 1 spiro atoms. The van der Waals surface area contributed by atoms with Gasteiger partial charge in [0.2, 0.25) is 0 Å². The zero-order valence-corrected chi connectivity index (χ0v) is 16.8. The Bertz CT molecular complexity index is 776. The normalized spacial score (nSPS) is 21.2. The van der Waals surface area contributed by atoms with Crippen molar-refractivity contribution in [3.05, 3.63) is 60.2 Å². The van der Waals surface area contributed by atoms with E-state index in [1.807, 2.05) is 23.1 Å². The van der Waals surface area contributed by atoms with Crippen LogP contribution in [-0.4, -0.2) is 52.7 Å². The first-order chi connectivity index (χ1) is 14.2. The Morgan fingerprint density at radius 3 is 2.79 bits per heavy atom. The number of carbonyl (C=O) groups is 1. The zero-order valence-electron chi connectivity index (χ0n) is 16.8. The SMILES string of the molecule is O=C(c1cnccn1)N1CCC2(CC1)CC(CCOCc1ccccc1)CCO2. The summed E-state index contributed by atoms with van der Waals surface area (Å²) < 4.78 is 12.1. The van der Waals surface area contributed by atoms with E-state index in [1.165, 1.54) is 11.8 Å². The van der Waals surface area contributed by atoms with Crippen LogP contribution in [0.15, 0.2) is 48.9 Å². The van der Waals surface area contributed by atoms with Crippen molar-refractivity contribution in [1.82, 2.24) is 14.9 Å². The molecule has 1 aromatic heterocycles. The van der Waals surface area contributed by atoms with Gasteiger partial charge in [-0.3, -0.25) is 9.78 Å². The molecule has 0 N–H and O–H groups in total.